The van der Waals surface area contributed by atoms with Crippen LogP contribution >= 0.6 is 11.3 Å². The lowest BCUT2D eigenvalue weighted by Crippen LogP contribution is -2.24. The van der Waals surface area contributed by atoms with E-state index in [0.717, 1.165) is 24.5 Å². The van der Waals surface area contributed by atoms with Gasteiger partial charge in [-0.15, -0.1) is 0 Å². The van der Waals surface area contributed by atoms with Crippen LogP contribution in [0.4, 0.5) is 0 Å². The Hall–Kier alpha value is -1.14. The molecule has 6 heteroatoms. The van der Waals surface area contributed by atoms with Crippen LogP contribution in [0, 0.1) is 0 Å². The number of hydrogen-bond acceptors (Lipinski definition) is 5. The number of hydrogen-bond donors (Lipinski definition) is 1. The number of carbonyl (C=O) groups excluding carboxylic acids is 1. The van der Waals surface area contributed by atoms with Crippen LogP contribution < -0.4 is 4.87 Å². The molecule has 106 valence electrons. The van der Waals surface area contributed by atoms with Gasteiger partial charge in [-0.1, -0.05) is 24.2 Å². The van der Waals surface area contributed by atoms with Crippen molar-refractivity contribution >= 4 is 17.3 Å². The summed E-state index contributed by atoms with van der Waals surface area (Å²) in [5.74, 6) is -0.314. The minimum atomic E-state index is -0.314. The molecule has 5 nitrogen and oxygen atoms in total. The van der Waals surface area contributed by atoms with Gasteiger partial charge in [0.2, 0.25) is 0 Å². The average Bonchev–Trinajstić information content (AvgIpc) is 2.59. The van der Waals surface area contributed by atoms with Crippen LogP contribution in [0.15, 0.2) is 4.79 Å². The van der Waals surface area contributed by atoms with E-state index in [1.807, 2.05) is 0 Å². The number of nitrogens with one attached hydrogen (secondary N) is 1. The van der Waals surface area contributed by atoms with Crippen molar-refractivity contribution in [3.05, 3.63) is 20.2 Å². The highest BCUT2D eigenvalue weighted by molar-refractivity contribution is 7.09. The zero-order valence-electron chi connectivity index (χ0n) is 11.2. The predicted octanol–water partition coefficient (Wildman–Crippen LogP) is 1.53. The van der Waals surface area contributed by atoms with Gasteiger partial charge in [0.1, 0.15) is 0 Å². The Morgan fingerprint density at radius 1 is 1.32 bits per heavy atom. The molecule has 1 fully saturated rings. The molecule has 2 heterocycles. The zero-order chi connectivity index (χ0) is 13.7. The van der Waals surface area contributed by atoms with Crippen LogP contribution in [0.2, 0.25) is 0 Å². The molecule has 0 amide bonds. The lowest BCUT2D eigenvalue weighted by atomic mass is 10.2. The van der Waals surface area contributed by atoms with Crippen molar-refractivity contribution in [2.45, 2.75) is 38.6 Å². The summed E-state index contributed by atoms with van der Waals surface area (Å²) in [5, 5.41) is 0. The smallest absolute Gasteiger partial charge is 0.311 e. The molecular weight excluding hydrogens is 264 g/mol. The van der Waals surface area contributed by atoms with Crippen LogP contribution in [-0.2, 0) is 22.5 Å². The van der Waals surface area contributed by atoms with Gasteiger partial charge < -0.3 is 9.72 Å². The zero-order valence-corrected chi connectivity index (χ0v) is 12.1. The molecule has 0 spiro atoms. The average molecular weight is 284 g/mol. The van der Waals surface area contributed by atoms with Gasteiger partial charge in [-0.3, -0.25) is 14.5 Å². The fraction of sp³-hybridized carbons (Fsp3) is 0.692. The number of esters is 1. The molecular formula is C13H20N2O3S. The van der Waals surface area contributed by atoms with Crippen molar-refractivity contribution in [3.8, 4) is 0 Å². The quantitative estimate of drug-likeness (QED) is 0.852. The Morgan fingerprint density at radius 2 is 2.00 bits per heavy atom. The van der Waals surface area contributed by atoms with Gasteiger partial charge in [-0.2, -0.15) is 0 Å². The minimum absolute atomic E-state index is 0.0938. The third-order valence-electron chi connectivity index (χ3n) is 3.42. The number of likely N-dealkylation sites (tertiary alicyclic amines) is 1. The second-order valence-corrected chi connectivity index (χ2v) is 5.93. The van der Waals surface area contributed by atoms with E-state index in [9.17, 15) is 9.59 Å². The minimum Gasteiger partial charge on any atom is -0.469 e. The van der Waals surface area contributed by atoms with E-state index in [-0.39, 0.29) is 17.3 Å². The van der Waals surface area contributed by atoms with Gasteiger partial charge in [0.25, 0.3) is 0 Å². The lowest BCUT2D eigenvalue weighted by molar-refractivity contribution is -0.139. The largest absolute Gasteiger partial charge is 0.469 e. The second kappa shape index (κ2) is 6.86. The van der Waals surface area contributed by atoms with Crippen LogP contribution in [-0.4, -0.2) is 36.1 Å². The first-order valence-electron chi connectivity index (χ1n) is 6.69. The summed E-state index contributed by atoms with van der Waals surface area (Å²) in [4.78, 5) is 28.8. The lowest BCUT2D eigenvalue weighted by Gasteiger charge is -2.19. The molecule has 1 aromatic rings. The van der Waals surface area contributed by atoms with E-state index in [4.69, 9.17) is 0 Å². The topological polar surface area (TPSA) is 62.4 Å². The van der Waals surface area contributed by atoms with Crippen LogP contribution in [0.1, 0.15) is 36.3 Å². The molecule has 1 saturated heterocycles. The molecule has 0 radical (unpaired) electrons. The standard InChI is InChI=1S/C13H20N2O3S/c1-18-12(16)8-10-11(19-13(17)14-10)9-15-6-4-2-3-5-7-15/h2-9H2,1H3,(H,14,17). The van der Waals surface area contributed by atoms with E-state index < -0.39 is 0 Å². The first kappa shape index (κ1) is 14.3. The molecule has 1 aromatic heterocycles. The van der Waals surface area contributed by atoms with E-state index in [0.29, 0.717) is 5.69 Å². The van der Waals surface area contributed by atoms with Gasteiger partial charge in [0, 0.05) is 17.1 Å². The van der Waals surface area contributed by atoms with Crippen molar-refractivity contribution in [1.82, 2.24) is 9.88 Å². The molecule has 0 aromatic carbocycles. The number of aromatic nitrogens is 1. The van der Waals surface area contributed by atoms with E-state index in [1.54, 1.807) is 0 Å². The maximum Gasteiger partial charge on any atom is 0.311 e. The van der Waals surface area contributed by atoms with Crippen molar-refractivity contribution in [3.63, 3.8) is 0 Å². The molecule has 0 aliphatic carbocycles. The second-order valence-electron chi connectivity index (χ2n) is 4.86. The van der Waals surface area contributed by atoms with Crippen molar-refractivity contribution < 1.29 is 9.53 Å². The summed E-state index contributed by atoms with van der Waals surface area (Å²) < 4.78 is 4.66. The third kappa shape index (κ3) is 4.18. The number of methoxy groups -OCH3 is 1. The van der Waals surface area contributed by atoms with Crippen LogP contribution in [0.5, 0.6) is 0 Å². The first-order chi connectivity index (χ1) is 9.19. The third-order valence-corrected chi connectivity index (χ3v) is 4.33. The van der Waals surface area contributed by atoms with Crippen molar-refractivity contribution in [2.24, 2.45) is 0 Å². The Labute approximate surface area is 116 Å². The molecule has 0 atom stereocenters. The van der Waals surface area contributed by atoms with Gasteiger partial charge in [-0.05, 0) is 25.9 Å². The van der Waals surface area contributed by atoms with Gasteiger partial charge in [0.05, 0.1) is 13.5 Å². The number of nitrogens with zero attached hydrogens (tertiary/aromatic N) is 1. The molecule has 2 rings (SSSR count). The monoisotopic (exact) mass is 284 g/mol. The molecule has 1 aliphatic rings. The highest BCUT2D eigenvalue weighted by Crippen LogP contribution is 2.17. The molecule has 0 bridgehead atoms. The maximum atomic E-state index is 11.5. The van der Waals surface area contributed by atoms with Crippen molar-refractivity contribution in [1.29, 1.82) is 0 Å². The van der Waals surface area contributed by atoms with E-state index in [1.165, 1.54) is 44.1 Å². The van der Waals surface area contributed by atoms with Gasteiger partial charge in [0.15, 0.2) is 0 Å². The Bertz CT molecular complexity index is 472. The number of ether oxygens (including phenoxy) is 1. The van der Waals surface area contributed by atoms with E-state index in [2.05, 4.69) is 14.6 Å². The fourth-order valence-electron chi connectivity index (χ4n) is 2.38. The summed E-state index contributed by atoms with van der Waals surface area (Å²) in [6.45, 7) is 2.91. The highest BCUT2D eigenvalue weighted by Gasteiger charge is 2.16. The normalized spacial score (nSPS) is 17.1. The summed E-state index contributed by atoms with van der Waals surface area (Å²) in [6.07, 6.45) is 5.15. The maximum absolute atomic E-state index is 11.5. The number of aromatic amines is 1. The SMILES string of the molecule is COC(=O)Cc1[nH]c(=O)sc1CN1CCCCCC1. The molecule has 1 aliphatic heterocycles. The van der Waals surface area contributed by atoms with Crippen molar-refractivity contribution in [2.75, 3.05) is 20.2 Å². The van der Waals surface area contributed by atoms with Gasteiger partial charge >= 0.3 is 10.8 Å². The van der Waals surface area contributed by atoms with Gasteiger partial charge in [-0.25, -0.2) is 0 Å². The first-order valence-corrected chi connectivity index (χ1v) is 7.50. The van der Waals surface area contributed by atoms with Crippen LogP contribution in [0.25, 0.3) is 0 Å². The molecule has 0 saturated carbocycles. The predicted molar refractivity (Wildman–Crippen MR) is 74.4 cm³/mol. The Kier molecular flexibility index (Phi) is 5.15. The highest BCUT2D eigenvalue weighted by atomic mass is 32.1. The number of H-pyrrole nitrogens is 1. The summed E-state index contributed by atoms with van der Waals surface area (Å²) in [6, 6.07) is 0. The summed E-state index contributed by atoms with van der Waals surface area (Å²) >= 11 is 1.21. The number of carbonyl (C=O) groups is 1. The Morgan fingerprint density at radius 3 is 2.63 bits per heavy atom. The number of thiazole rings is 1. The molecule has 19 heavy (non-hydrogen) atoms. The molecule has 1 N–H and O–H groups in total. The van der Waals surface area contributed by atoms with Crippen LogP contribution in [0.3, 0.4) is 0 Å². The van der Waals surface area contributed by atoms with E-state index >= 15 is 0 Å². The number of rotatable bonds is 4. The fourth-order valence-corrected chi connectivity index (χ4v) is 3.27. The Balaban J connectivity index is 2.05. The molecule has 0 unspecified atom stereocenters. The summed E-state index contributed by atoms with van der Waals surface area (Å²) in [5.41, 5.74) is 0.714. The summed E-state index contributed by atoms with van der Waals surface area (Å²) in [7, 11) is 1.36.